The molecule has 16 heavy (non-hydrogen) atoms. The van der Waals surface area contributed by atoms with Crippen molar-refractivity contribution in [2.45, 2.75) is 19.8 Å². The number of halogens is 1. The molecule has 0 atom stereocenters. The summed E-state index contributed by atoms with van der Waals surface area (Å²) in [5, 5.41) is 2.38. The average Bonchev–Trinajstić information content (AvgIpc) is 2.21. The molecule has 0 fully saturated rings. The number of amides is 2. The Kier molecular flexibility index (Phi) is 3.99. The molecule has 0 aliphatic carbocycles. The molecule has 0 aliphatic heterocycles. The van der Waals surface area contributed by atoms with Crippen LogP contribution < -0.4 is 11.1 Å². The fraction of sp³-hybridized carbons (Fsp3) is 0.273. The van der Waals surface area contributed by atoms with Gasteiger partial charge in [-0.2, -0.15) is 0 Å². The molecule has 0 radical (unpaired) electrons. The van der Waals surface area contributed by atoms with Crippen molar-refractivity contribution in [1.82, 2.24) is 0 Å². The molecule has 0 aromatic heterocycles. The van der Waals surface area contributed by atoms with Crippen LogP contribution in [-0.2, 0) is 4.79 Å². The predicted octanol–water partition coefficient (Wildman–Crippen LogP) is 1.66. The first-order chi connectivity index (χ1) is 7.56. The Hall–Kier alpha value is -1.91. The highest BCUT2D eigenvalue weighted by Crippen LogP contribution is 2.17. The quantitative estimate of drug-likeness (QED) is 0.816. The first-order valence-corrected chi connectivity index (χ1v) is 4.94. The Morgan fingerprint density at radius 2 is 2.12 bits per heavy atom. The second-order valence-corrected chi connectivity index (χ2v) is 3.33. The van der Waals surface area contributed by atoms with E-state index in [0.29, 0.717) is 12.8 Å². The summed E-state index contributed by atoms with van der Waals surface area (Å²) in [5.41, 5.74) is 4.74. The van der Waals surface area contributed by atoms with Crippen molar-refractivity contribution in [1.29, 1.82) is 0 Å². The Morgan fingerprint density at radius 1 is 1.44 bits per heavy atom. The van der Waals surface area contributed by atoms with Gasteiger partial charge >= 0.3 is 0 Å². The molecule has 0 spiro atoms. The third kappa shape index (κ3) is 2.79. The number of hydrogen-bond donors (Lipinski definition) is 2. The molecule has 0 aliphatic rings. The molecule has 0 heterocycles. The van der Waals surface area contributed by atoms with Gasteiger partial charge in [0.05, 0.1) is 11.3 Å². The van der Waals surface area contributed by atoms with Gasteiger partial charge in [-0.15, -0.1) is 0 Å². The molecule has 4 nitrogen and oxygen atoms in total. The summed E-state index contributed by atoms with van der Waals surface area (Å²) in [4.78, 5) is 22.1. The molecule has 86 valence electrons. The summed E-state index contributed by atoms with van der Waals surface area (Å²) >= 11 is 0. The summed E-state index contributed by atoms with van der Waals surface area (Å²) in [6.07, 6.45) is 0.975. The lowest BCUT2D eigenvalue weighted by Crippen LogP contribution is -2.16. The second kappa shape index (κ2) is 5.25. The highest BCUT2D eigenvalue weighted by Gasteiger charge is 2.13. The maximum Gasteiger partial charge on any atom is 0.251 e. The first kappa shape index (κ1) is 12.2. The van der Waals surface area contributed by atoms with Gasteiger partial charge in [-0.1, -0.05) is 13.0 Å². The van der Waals surface area contributed by atoms with E-state index < -0.39 is 11.7 Å². The van der Waals surface area contributed by atoms with Crippen LogP contribution in [0.1, 0.15) is 30.1 Å². The van der Waals surface area contributed by atoms with E-state index in [-0.39, 0.29) is 17.2 Å². The highest BCUT2D eigenvalue weighted by molar-refractivity contribution is 5.96. The lowest BCUT2D eigenvalue weighted by Gasteiger charge is -2.07. The summed E-state index contributed by atoms with van der Waals surface area (Å²) in [5.74, 6) is -1.94. The first-order valence-electron chi connectivity index (χ1n) is 4.94. The van der Waals surface area contributed by atoms with Crippen molar-refractivity contribution in [2.75, 3.05) is 5.32 Å². The van der Waals surface area contributed by atoms with E-state index in [0.717, 1.165) is 0 Å². The van der Waals surface area contributed by atoms with E-state index in [2.05, 4.69) is 5.32 Å². The van der Waals surface area contributed by atoms with Gasteiger partial charge in [0.1, 0.15) is 0 Å². The second-order valence-electron chi connectivity index (χ2n) is 3.33. The van der Waals surface area contributed by atoms with Gasteiger partial charge in [-0.25, -0.2) is 4.39 Å². The highest BCUT2D eigenvalue weighted by atomic mass is 19.1. The smallest absolute Gasteiger partial charge is 0.251 e. The number of benzene rings is 1. The SMILES string of the molecule is CCCC(=O)Nc1cccc(C(N)=O)c1F. The van der Waals surface area contributed by atoms with E-state index in [1.807, 2.05) is 6.92 Å². The van der Waals surface area contributed by atoms with Crippen LogP contribution in [0.15, 0.2) is 18.2 Å². The van der Waals surface area contributed by atoms with E-state index >= 15 is 0 Å². The molecule has 2 amide bonds. The van der Waals surface area contributed by atoms with Gasteiger partial charge in [-0.05, 0) is 18.6 Å². The monoisotopic (exact) mass is 224 g/mol. The molecule has 1 rings (SSSR count). The lowest BCUT2D eigenvalue weighted by molar-refractivity contribution is -0.116. The van der Waals surface area contributed by atoms with Crippen LogP contribution in [-0.4, -0.2) is 11.8 Å². The van der Waals surface area contributed by atoms with Gasteiger partial charge in [0.25, 0.3) is 5.91 Å². The zero-order valence-electron chi connectivity index (χ0n) is 8.92. The van der Waals surface area contributed by atoms with Gasteiger partial charge in [0.15, 0.2) is 5.82 Å². The van der Waals surface area contributed by atoms with Crippen molar-refractivity contribution in [3.05, 3.63) is 29.6 Å². The summed E-state index contributed by atoms with van der Waals surface area (Å²) in [7, 11) is 0. The number of carbonyl (C=O) groups is 2. The van der Waals surface area contributed by atoms with Crippen molar-refractivity contribution < 1.29 is 14.0 Å². The van der Waals surface area contributed by atoms with Gasteiger partial charge in [0.2, 0.25) is 5.91 Å². The van der Waals surface area contributed by atoms with Gasteiger partial charge in [-0.3, -0.25) is 9.59 Å². The number of anilines is 1. The largest absolute Gasteiger partial charge is 0.366 e. The van der Waals surface area contributed by atoms with Crippen LogP contribution in [0.3, 0.4) is 0 Å². The van der Waals surface area contributed by atoms with Crippen LogP contribution >= 0.6 is 0 Å². The maximum absolute atomic E-state index is 13.6. The molecule has 0 saturated heterocycles. The number of carbonyl (C=O) groups excluding carboxylic acids is 2. The third-order valence-electron chi connectivity index (χ3n) is 2.02. The van der Waals surface area contributed by atoms with Gasteiger partial charge in [0, 0.05) is 6.42 Å². The molecule has 0 saturated carbocycles. The Balaban J connectivity index is 2.93. The number of hydrogen-bond acceptors (Lipinski definition) is 2. The van der Waals surface area contributed by atoms with E-state index in [4.69, 9.17) is 5.73 Å². The number of nitrogens with one attached hydrogen (secondary N) is 1. The third-order valence-corrected chi connectivity index (χ3v) is 2.02. The minimum atomic E-state index is -0.857. The van der Waals surface area contributed by atoms with Crippen LogP contribution in [0, 0.1) is 5.82 Å². The molecular formula is C11H13FN2O2. The van der Waals surface area contributed by atoms with Crippen molar-refractivity contribution >= 4 is 17.5 Å². The van der Waals surface area contributed by atoms with Crippen molar-refractivity contribution in [3.63, 3.8) is 0 Å². The van der Waals surface area contributed by atoms with Crippen LogP contribution in [0.4, 0.5) is 10.1 Å². The summed E-state index contributed by atoms with van der Waals surface area (Å²) in [6.45, 7) is 1.84. The Bertz CT molecular complexity index is 418. The zero-order valence-corrected chi connectivity index (χ0v) is 8.92. The predicted molar refractivity (Wildman–Crippen MR) is 58.5 cm³/mol. The number of nitrogens with two attached hydrogens (primary N) is 1. The fourth-order valence-electron chi connectivity index (χ4n) is 1.26. The topological polar surface area (TPSA) is 72.2 Å². The minimum Gasteiger partial charge on any atom is -0.366 e. The van der Waals surface area contributed by atoms with E-state index in [9.17, 15) is 14.0 Å². The lowest BCUT2D eigenvalue weighted by atomic mass is 10.1. The van der Waals surface area contributed by atoms with Crippen molar-refractivity contribution in [2.24, 2.45) is 5.73 Å². The Labute approximate surface area is 92.6 Å². The van der Waals surface area contributed by atoms with Crippen LogP contribution in [0.25, 0.3) is 0 Å². The van der Waals surface area contributed by atoms with Crippen molar-refractivity contribution in [3.8, 4) is 0 Å². The Morgan fingerprint density at radius 3 is 2.69 bits per heavy atom. The van der Waals surface area contributed by atoms with Crippen LogP contribution in [0.2, 0.25) is 0 Å². The standard InChI is InChI=1S/C11H13FN2O2/c1-2-4-9(15)14-8-6-3-5-7(10(8)12)11(13)16/h3,5-6H,2,4H2,1H3,(H2,13,16)(H,14,15). The fourth-order valence-corrected chi connectivity index (χ4v) is 1.26. The number of rotatable bonds is 4. The molecule has 0 bridgehead atoms. The average molecular weight is 224 g/mol. The molecular weight excluding hydrogens is 211 g/mol. The van der Waals surface area contributed by atoms with Gasteiger partial charge < -0.3 is 11.1 Å². The molecule has 1 aromatic rings. The maximum atomic E-state index is 13.6. The van der Waals surface area contributed by atoms with E-state index in [1.54, 1.807) is 0 Å². The summed E-state index contributed by atoms with van der Waals surface area (Å²) < 4.78 is 13.6. The van der Waals surface area contributed by atoms with E-state index in [1.165, 1.54) is 18.2 Å². The zero-order chi connectivity index (χ0) is 12.1. The van der Waals surface area contributed by atoms with Crippen LogP contribution in [0.5, 0.6) is 0 Å². The molecule has 3 N–H and O–H groups in total. The summed E-state index contributed by atoms with van der Waals surface area (Å²) in [6, 6.07) is 4.12. The molecule has 1 aromatic carbocycles. The molecule has 5 heteroatoms. The molecule has 0 unspecified atom stereocenters. The normalized spacial score (nSPS) is 9.88. The minimum absolute atomic E-state index is 0.0187. The number of primary amides is 1.